The van der Waals surface area contributed by atoms with Crippen LogP contribution in [0.25, 0.3) is 0 Å². The average Bonchev–Trinajstić information content (AvgIpc) is 3.48. The highest BCUT2D eigenvalue weighted by Crippen LogP contribution is 2.38. The van der Waals surface area contributed by atoms with Crippen molar-refractivity contribution >= 4 is 27.9 Å². The minimum atomic E-state index is -0.701. The van der Waals surface area contributed by atoms with Crippen LogP contribution in [-0.4, -0.2) is 79.6 Å². The number of pyridine rings is 1. The zero-order chi connectivity index (χ0) is 34.5. The summed E-state index contributed by atoms with van der Waals surface area (Å²) in [6.07, 6.45) is 13.0. The van der Waals surface area contributed by atoms with E-state index in [0.29, 0.717) is 32.7 Å². The second-order valence-corrected chi connectivity index (χ2v) is 14.9. The smallest absolute Gasteiger partial charge is 0.410 e. The molecule has 0 radical (unpaired) electrons. The van der Waals surface area contributed by atoms with E-state index >= 15 is 0 Å². The van der Waals surface area contributed by atoms with Crippen LogP contribution in [0, 0.1) is 6.92 Å². The fraction of sp³-hybridized carbons (Fsp3) is 0.450. The zero-order valence-electron chi connectivity index (χ0n) is 28.9. The van der Waals surface area contributed by atoms with Crippen LogP contribution in [0.3, 0.4) is 0 Å². The van der Waals surface area contributed by atoms with E-state index in [1.165, 1.54) is 23.1 Å². The van der Waals surface area contributed by atoms with Crippen LogP contribution >= 0.6 is 15.9 Å². The van der Waals surface area contributed by atoms with Crippen molar-refractivity contribution in [2.24, 2.45) is 0 Å². The van der Waals surface area contributed by atoms with Crippen LogP contribution in [0.5, 0.6) is 0 Å². The van der Waals surface area contributed by atoms with Gasteiger partial charge in [0.2, 0.25) is 5.91 Å². The number of ether oxygens (including phenoxy) is 1. The molecule has 7 rings (SSSR count). The molecule has 2 fully saturated rings. The van der Waals surface area contributed by atoms with E-state index in [1.807, 2.05) is 48.7 Å². The molecule has 50 heavy (non-hydrogen) atoms. The first-order valence-corrected chi connectivity index (χ1v) is 19.0. The molecule has 10 heteroatoms. The Balaban J connectivity index is 1.21. The Morgan fingerprint density at radius 1 is 0.960 bits per heavy atom. The van der Waals surface area contributed by atoms with Gasteiger partial charge in [-0.1, -0.05) is 61.0 Å². The van der Waals surface area contributed by atoms with Gasteiger partial charge < -0.3 is 14.2 Å². The van der Waals surface area contributed by atoms with Crippen LogP contribution in [0.1, 0.15) is 78.2 Å². The third kappa shape index (κ3) is 7.97. The number of aromatic nitrogens is 3. The molecule has 2 aliphatic carbocycles. The highest BCUT2D eigenvalue weighted by atomic mass is 79.9. The van der Waals surface area contributed by atoms with Gasteiger partial charge in [-0.3, -0.25) is 19.6 Å². The van der Waals surface area contributed by atoms with E-state index in [4.69, 9.17) is 9.72 Å². The number of rotatable bonds is 9. The van der Waals surface area contributed by atoms with Crippen molar-refractivity contribution in [3.05, 3.63) is 117 Å². The van der Waals surface area contributed by atoms with Gasteiger partial charge in [0.05, 0.1) is 23.8 Å². The summed E-state index contributed by atoms with van der Waals surface area (Å²) in [5.74, 6) is -0.0492. The first kappa shape index (κ1) is 34.4. The second-order valence-electron chi connectivity index (χ2n) is 14.0. The number of hydrogen-bond donors (Lipinski definition) is 0. The van der Waals surface area contributed by atoms with Crippen molar-refractivity contribution < 1.29 is 14.3 Å². The summed E-state index contributed by atoms with van der Waals surface area (Å²) >= 11 is 3.65. The van der Waals surface area contributed by atoms with E-state index in [9.17, 15) is 9.59 Å². The molecule has 0 unspecified atom stereocenters. The maximum absolute atomic E-state index is 15.0. The Morgan fingerprint density at radius 3 is 2.54 bits per heavy atom. The first-order chi connectivity index (χ1) is 24.4. The third-order valence-corrected chi connectivity index (χ3v) is 10.9. The summed E-state index contributed by atoms with van der Waals surface area (Å²) in [4.78, 5) is 44.4. The quantitative estimate of drug-likeness (QED) is 0.182. The molecule has 0 bridgehead atoms. The molecule has 0 N–H and O–H groups in total. The van der Waals surface area contributed by atoms with Crippen LogP contribution < -0.4 is 0 Å². The molecule has 4 aromatic rings. The van der Waals surface area contributed by atoms with Crippen molar-refractivity contribution in [2.45, 2.75) is 89.6 Å². The molecular weight excluding hydrogens is 692 g/mol. The fourth-order valence-corrected chi connectivity index (χ4v) is 8.31. The number of halogens is 1. The van der Waals surface area contributed by atoms with E-state index in [-0.39, 0.29) is 24.1 Å². The number of benzene rings is 2. The van der Waals surface area contributed by atoms with Crippen molar-refractivity contribution in [3.63, 3.8) is 0 Å². The second kappa shape index (κ2) is 15.9. The number of aryl methyl sites for hydroxylation is 4. The molecule has 9 nitrogen and oxygen atoms in total. The number of hydrogen-bond acceptors (Lipinski definition) is 6. The van der Waals surface area contributed by atoms with Gasteiger partial charge in [-0.2, -0.15) is 0 Å². The Hall–Kier alpha value is -4.02. The third-order valence-electron chi connectivity index (χ3n) is 10.5. The summed E-state index contributed by atoms with van der Waals surface area (Å²) in [7, 11) is 0. The number of amides is 2. The highest BCUT2D eigenvalue weighted by molar-refractivity contribution is 9.10. The molecule has 1 aliphatic heterocycles. The lowest BCUT2D eigenvalue weighted by molar-refractivity contribution is -0.140. The Bertz CT molecular complexity index is 1770. The molecule has 0 spiro atoms. The van der Waals surface area contributed by atoms with E-state index in [1.54, 1.807) is 4.90 Å². The van der Waals surface area contributed by atoms with Gasteiger partial charge in [-0.15, -0.1) is 0 Å². The molecule has 262 valence electrons. The van der Waals surface area contributed by atoms with Gasteiger partial charge in [-0.25, -0.2) is 9.78 Å². The van der Waals surface area contributed by atoms with Crippen molar-refractivity contribution in [1.82, 2.24) is 29.2 Å². The van der Waals surface area contributed by atoms with Crippen LogP contribution in [0.4, 0.5) is 4.79 Å². The molecule has 3 aliphatic rings. The summed E-state index contributed by atoms with van der Waals surface area (Å²) in [5.41, 5.74) is 6.79. The summed E-state index contributed by atoms with van der Waals surface area (Å²) < 4.78 is 9.18. The fourth-order valence-electron chi connectivity index (χ4n) is 7.93. The minimum absolute atomic E-state index is 0.0492. The number of piperazine rings is 1. The van der Waals surface area contributed by atoms with Crippen molar-refractivity contribution in [2.75, 3.05) is 26.2 Å². The molecular formula is C40H47BrN6O3. The minimum Gasteiger partial charge on any atom is -0.446 e. The highest BCUT2D eigenvalue weighted by Gasteiger charge is 2.42. The summed E-state index contributed by atoms with van der Waals surface area (Å²) in [5, 5.41) is 0. The van der Waals surface area contributed by atoms with Crippen LogP contribution in [0.15, 0.2) is 83.9 Å². The van der Waals surface area contributed by atoms with Gasteiger partial charge in [0.1, 0.15) is 12.1 Å². The normalized spacial score (nSPS) is 19.7. The lowest BCUT2D eigenvalue weighted by Crippen LogP contribution is -2.62. The van der Waals surface area contributed by atoms with Crippen LogP contribution in [-0.2, 0) is 35.5 Å². The molecule has 2 atom stereocenters. The summed E-state index contributed by atoms with van der Waals surface area (Å²) in [6, 6.07) is 20.1. The van der Waals surface area contributed by atoms with Crippen molar-refractivity contribution in [1.29, 1.82) is 0 Å². The molecule has 2 aromatic heterocycles. The number of fused-ring (bicyclic) bond motifs is 2. The molecule has 3 heterocycles. The van der Waals surface area contributed by atoms with Crippen LogP contribution in [0.2, 0.25) is 0 Å². The average molecular weight is 740 g/mol. The van der Waals surface area contributed by atoms with Gasteiger partial charge in [0.15, 0.2) is 0 Å². The van der Waals surface area contributed by atoms with E-state index in [2.05, 4.69) is 72.8 Å². The SMILES string of the molecule is Cc1cn(CCCN(Cc2ccccc2)C(=O)[C@H]2CN([C@H]3c4ccccc4CCc4cc(Br)cnc43)CCN2C(=O)OC2CCCCC2)cn1. The maximum atomic E-state index is 15.0. The predicted octanol–water partition coefficient (Wildman–Crippen LogP) is 7.11. The van der Waals surface area contributed by atoms with E-state index in [0.717, 1.165) is 72.9 Å². The summed E-state index contributed by atoms with van der Waals surface area (Å²) in [6.45, 7) is 5.16. The number of imidazole rings is 1. The zero-order valence-corrected chi connectivity index (χ0v) is 30.5. The Morgan fingerprint density at radius 2 is 1.74 bits per heavy atom. The first-order valence-electron chi connectivity index (χ1n) is 18.2. The largest absolute Gasteiger partial charge is 0.446 e. The monoisotopic (exact) mass is 738 g/mol. The Kier molecular flexibility index (Phi) is 10.9. The molecule has 1 saturated carbocycles. The topological polar surface area (TPSA) is 83.8 Å². The molecule has 1 saturated heterocycles. The Labute approximate surface area is 303 Å². The van der Waals surface area contributed by atoms with Crippen molar-refractivity contribution in [3.8, 4) is 0 Å². The molecule has 2 amide bonds. The number of nitrogens with zero attached hydrogens (tertiary/aromatic N) is 6. The van der Waals surface area contributed by atoms with Gasteiger partial charge in [0.25, 0.3) is 0 Å². The lowest BCUT2D eigenvalue weighted by Gasteiger charge is -2.45. The standard InChI is InChI=1S/C40H47BrN6O3/c1-29-25-44(28-43-29)19-10-20-46(26-30-11-4-2-5-12-30)39(48)36-27-45(21-22-47(36)40(49)50-34-14-6-3-7-15-34)38-35-16-9-8-13-31(35)17-18-32-23-33(41)24-42-37(32)38/h2,4-5,8-9,11-13,16,23-25,28,34,36,38H,3,6-7,10,14-15,17-22,26-27H2,1H3/t36-,38+/m1/s1. The number of carbonyl (C=O) groups excluding carboxylic acids is 2. The lowest BCUT2D eigenvalue weighted by atomic mass is 9.95. The molecule has 2 aromatic carbocycles. The predicted molar refractivity (Wildman–Crippen MR) is 196 cm³/mol. The van der Waals surface area contributed by atoms with Gasteiger partial charge >= 0.3 is 6.09 Å². The number of carbonyl (C=O) groups is 2. The van der Waals surface area contributed by atoms with Gasteiger partial charge in [-0.05, 0) is 96.1 Å². The van der Waals surface area contributed by atoms with E-state index < -0.39 is 6.04 Å². The maximum Gasteiger partial charge on any atom is 0.410 e. The van der Waals surface area contributed by atoms with Gasteiger partial charge in [0, 0.05) is 56.1 Å².